The van der Waals surface area contributed by atoms with Crippen molar-refractivity contribution in [3.05, 3.63) is 69.2 Å². The van der Waals surface area contributed by atoms with Crippen molar-refractivity contribution in [2.75, 3.05) is 5.32 Å². The Kier molecular flexibility index (Phi) is 5.43. The number of carbonyl (C=O) groups excluding carboxylic acids is 1. The van der Waals surface area contributed by atoms with Crippen LogP contribution in [0.5, 0.6) is 0 Å². The Labute approximate surface area is 160 Å². The molecule has 2 heterocycles. The average molecular weight is 386 g/mol. The molecule has 0 spiro atoms. The normalized spacial score (nSPS) is 10.7. The third-order valence-corrected chi connectivity index (χ3v) is 5.15. The van der Waals surface area contributed by atoms with E-state index in [9.17, 15) is 4.79 Å². The zero-order chi connectivity index (χ0) is 18.7. The van der Waals surface area contributed by atoms with Crippen molar-refractivity contribution in [1.82, 2.24) is 19.7 Å². The van der Waals surface area contributed by atoms with E-state index < -0.39 is 0 Å². The lowest BCUT2D eigenvalue weighted by atomic mass is 10.1. The molecule has 8 heteroatoms. The Balaban J connectivity index is 1.72. The molecular weight excluding hydrogens is 366 g/mol. The summed E-state index contributed by atoms with van der Waals surface area (Å²) >= 11 is 6.60. The number of aryl methyl sites for hydroxylation is 2. The zero-order valence-corrected chi connectivity index (χ0v) is 16.2. The number of aromatic amines is 1. The number of aromatic nitrogens is 4. The van der Waals surface area contributed by atoms with E-state index in [0.717, 1.165) is 22.6 Å². The summed E-state index contributed by atoms with van der Waals surface area (Å²) in [7, 11) is 0. The van der Waals surface area contributed by atoms with Crippen molar-refractivity contribution >= 4 is 34.6 Å². The van der Waals surface area contributed by atoms with Crippen LogP contribution in [-0.2, 0) is 13.0 Å². The summed E-state index contributed by atoms with van der Waals surface area (Å²) in [5.74, 6) is 0.621. The average Bonchev–Trinajstić information content (AvgIpc) is 3.19. The number of benzene rings is 1. The molecule has 3 aromatic rings. The molecule has 0 saturated heterocycles. The minimum Gasteiger partial charge on any atom is -0.300 e. The Morgan fingerprint density at radius 1 is 1.42 bits per heavy atom. The number of nitrogens with zero attached hydrogens (tertiary/aromatic N) is 3. The van der Waals surface area contributed by atoms with Gasteiger partial charge in [0.15, 0.2) is 9.90 Å². The molecule has 0 aliphatic carbocycles. The largest absolute Gasteiger partial charge is 0.300 e. The second kappa shape index (κ2) is 7.76. The van der Waals surface area contributed by atoms with Crippen molar-refractivity contribution in [3.8, 4) is 0 Å². The topological polar surface area (TPSA) is 75.6 Å². The molecule has 0 fully saturated rings. The second-order valence-electron chi connectivity index (χ2n) is 5.92. The van der Waals surface area contributed by atoms with Gasteiger partial charge in [-0.1, -0.05) is 12.1 Å². The van der Waals surface area contributed by atoms with E-state index in [-0.39, 0.29) is 5.91 Å². The Morgan fingerprint density at radius 2 is 2.23 bits per heavy atom. The number of allylic oxidation sites excluding steroid dienone is 1. The number of carbonyl (C=O) groups is 1. The maximum Gasteiger partial charge on any atom is 0.257 e. The van der Waals surface area contributed by atoms with Crippen molar-refractivity contribution in [2.24, 2.45) is 0 Å². The van der Waals surface area contributed by atoms with E-state index in [1.165, 1.54) is 11.3 Å². The molecule has 0 unspecified atom stereocenters. The van der Waals surface area contributed by atoms with Gasteiger partial charge in [-0.3, -0.25) is 19.8 Å². The van der Waals surface area contributed by atoms with Crippen molar-refractivity contribution in [2.45, 2.75) is 26.8 Å². The van der Waals surface area contributed by atoms with E-state index >= 15 is 0 Å². The molecule has 1 amide bonds. The summed E-state index contributed by atoms with van der Waals surface area (Å²) in [6.45, 7) is 8.33. The van der Waals surface area contributed by atoms with Gasteiger partial charge in [0.05, 0.1) is 12.1 Å². The SMILES string of the molecule is C=CCn1c(Cc2csc(NC(=O)c3ccc(C)c(C)c3)n2)n[nH]c1=S. The van der Waals surface area contributed by atoms with E-state index in [0.29, 0.717) is 28.4 Å². The molecule has 134 valence electrons. The van der Waals surface area contributed by atoms with Gasteiger partial charge in [0, 0.05) is 17.5 Å². The van der Waals surface area contributed by atoms with Crippen LogP contribution in [-0.4, -0.2) is 25.7 Å². The lowest BCUT2D eigenvalue weighted by molar-refractivity contribution is 0.102. The van der Waals surface area contributed by atoms with Crippen LogP contribution in [0.4, 0.5) is 5.13 Å². The zero-order valence-electron chi connectivity index (χ0n) is 14.6. The van der Waals surface area contributed by atoms with Gasteiger partial charge < -0.3 is 0 Å². The summed E-state index contributed by atoms with van der Waals surface area (Å²) in [5, 5.41) is 12.4. The predicted molar refractivity (Wildman–Crippen MR) is 106 cm³/mol. The van der Waals surface area contributed by atoms with Gasteiger partial charge in [-0.25, -0.2) is 4.98 Å². The molecular formula is C18H19N5OS2. The maximum absolute atomic E-state index is 12.4. The van der Waals surface area contributed by atoms with Crippen molar-refractivity contribution in [3.63, 3.8) is 0 Å². The molecule has 26 heavy (non-hydrogen) atoms. The van der Waals surface area contributed by atoms with Gasteiger partial charge in [-0.05, 0) is 49.3 Å². The lowest BCUT2D eigenvalue weighted by Crippen LogP contribution is -2.12. The monoisotopic (exact) mass is 385 g/mol. The van der Waals surface area contributed by atoms with Crippen LogP contribution in [0.15, 0.2) is 36.2 Å². The number of nitrogens with one attached hydrogen (secondary N) is 2. The van der Waals surface area contributed by atoms with Gasteiger partial charge in [0.2, 0.25) is 0 Å². The Hall–Kier alpha value is -2.58. The number of H-pyrrole nitrogens is 1. The molecule has 0 saturated carbocycles. The molecule has 0 radical (unpaired) electrons. The van der Waals surface area contributed by atoms with Gasteiger partial charge in [-0.2, -0.15) is 5.10 Å². The molecule has 0 aliphatic rings. The van der Waals surface area contributed by atoms with Gasteiger partial charge >= 0.3 is 0 Å². The molecule has 2 aromatic heterocycles. The summed E-state index contributed by atoms with van der Waals surface area (Å²) in [6.07, 6.45) is 2.29. The summed E-state index contributed by atoms with van der Waals surface area (Å²) in [4.78, 5) is 16.9. The first-order chi connectivity index (χ1) is 12.5. The fraction of sp³-hybridized carbons (Fsp3) is 0.222. The highest BCUT2D eigenvalue weighted by Gasteiger charge is 2.12. The Morgan fingerprint density at radius 3 is 2.96 bits per heavy atom. The fourth-order valence-electron chi connectivity index (χ4n) is 2.46. The van der Waals surface area contributed by atoms with Gasteiger partial charge in [0.25, 0.3) is 5.91 Å². The highest BCUT2D eigenvalue weighted by atomic mass is 32.1. The number of amides is 1. The first-order valence-electron chi connectivity index (χ1n) is 8.06. The van der Waals surface area contributed by atoms with Crippen LogP contribution < -0.4 is 5.32 Å². The molecule has 6 nitrogen and oxygen atoms in total. The summed E-state index contributed by atoms with van der Waals surface area (Å²) in [6, 6.07) is 5.64. The van der Waals surface area contributed by atoms with Gasteiger partial charge in [0.1, 0.15) is 5.82 Å². The lowest BCUT2D eigenvalue weighted by Gasteiger charge is -2.05. The minimum absolute atomic E-state index is 0.164. The number of hydrogen-bond donors (Lipinski definition) is 2. The van der Waals surface area contributed by atoms with E-state index in [2.05, 4.69) is 27.1 Å². The standard InChI is InChI=1S/C18H19N5OS2/c1-4-7-23-15(21-22-18(23)25)9-14-10-26-17(19-14)20-16(24)13-6-5-11(2)12(3)8-13/h4-6,8,10H,1,7,9H2,2-3H3,(H,22,25)(H,19,20,24). The van der Waals surface area contributed by atoms with Gasteiger partial charge in [-0.15, -0.1) is 17.9 Å². The molecule has 3 rings (SSSR count). The van der Waals surface area contributed by atoms with Crippen LogP contribution >= 0.6 is 23.6 Å². The molecule has 1 aromatic carbocycles. The first-order valence-corrected chi connectivity index (χ1v) is 9.34. The molecule has 0 bridgehead atoms. The number of thiazole rings is 1. The van der Waals surface area contributed by atoms with Crippen LogP contribution in [0, 0.1) is 18.6 Å². The van der Waals surface area contributed by atoms with E-state index in [1.807, 2.05) is 42.0 Å². The third kappa shape index (κ3) is 3.97. The second-order valence-corrected chi connectivity index (χ2v) is 7.16. The van der Waals surface area contributed by atoms with E-state index in [1.54, 1.807) is 6.08 Å². The third-order valence-electron chi connectivity index (χ3n) is 4.03. The highest BCUT2D eigenvalue weighted by molar-refractivity contribution is 7.71. The number of hydrogen-bond acceptors (Lipinski definition) is 5. The Bertz CT molecular complexity index is 1010. The van der Waals surface area contributed by atoms with Crippen LogP contribution in [0.2, 0.25) is 0 Å². The first kappa shape index (κ1) is 18.2. The predicted octanol–water partition coefficient (Wildman–Crippen LogP) is 4.04. The smallest absolute Gasteiger partial charge is 0.257 e. The minimum atomic E-state index is -0.164. The molecule has 2 N–H and O–H groups in total. The number of anilines is 1. The van der Waals surface area contributed by atoms with Crippen LogP contribution in [0.3, 0.4) is 0 Å². The number of rotatable bonds is 6. The van der Waals surface area contributed by atoms with Crippen molar-refractivity contribution in [1.29, 1.82) is 0 Å². The maximum atomic E-state index is 12.4. The van der Waals surface area contributed by atoms with Crippen molar-refractivity contribution < 1.29 is 4.79 Å². The molecule has 0 aliphatic heterocycles. The highest BCUT2D eigenvalue weighted by Crippen LogP contribution is 2.19. The van der Waals surface area contributed by atoms with Crippen LogP contribution in [0.1, 0.15) is 33.0 Å². The summed E-state index contributed by atoms with van der Waals surface area (Å²) in [5.41, 5.74) is 3.69. The quantitative estimate of drug-likeness (QED) is 0.496. The van der Waals surface area contributed by atoms with E-state index in [4.69, 9.17) is 12.2 Å². The fourth-order valence-corrected chi connectivity index (χ4v) is 3.39. The molecule has 0 atom stereocenters. The summed E-state index contributed by atoms with van der Waals surface area (Å²) < 4.78 is 2.42. The van der Waals surface area contributed by atoms with Crippen LogP contribution in [0.25, 0.3) is 0 Å².